The number of unbranched alkanes of at least 4 members (excludes halogenated alkanes) is 14. The van der Waals surface area contributed by atoms with Gasteiger partial charge in [0.1, 0.15) is 0 Å². The lowest BCUT2D eigenvalue weighted by atomic mass is 10.0. The lowest BCUT2D eigenvalue weighted by Gasteiger charge is -2.03. The van der Waals surface area contributed by atoms with Gasteiger partial charge in [-0.05, 0) is 96.1 Å². The van der Waals surface area contributed by atoms with E-state index >= 15 is 0 Å². The molecule has 0 amide bonds. The van der Waals surface area contributed by atoms with Crippen molar-refractivity contribution in [2.45, 2.75) is 129 Å². The van der Waals surface area contributed by atoms with Crippen LogP contribution in [0.25, 0.3) is 60.6 Å². The van der Waals surface area contributed by atoms with E-state index in [2.05, 4.69) is 95.5 Å². The van der Waals surface area contributed by atoms with Crippen molar-refractivity contribution in [2.75, 3.05) is 0 Å². The van der Waals surface area contributed by atoms with Gasteiger partial charge in [-0.2, -0.15) is 0 Å². The Morgan fingerprint density at radius 3 is 1.22 bits per heavy atom. The third kappa shape index (κ3) is 11.1. The Kier molecular flexibility index (Phi) is 15.6. The molecule has 0 aromatic carbocycles. The maximum absolute atomic E-state index is 6.58. The minimum atomic E-state index is 0.633. The molecule has 7 aromatic rings. The first-order valence-electron chi connectivity index (χ1n) is 20.6. The zero-order chi connectivity index (χ0) is 37.7. The Morgan fingerprint density at radius 1 is 0.418 bits per heavy atom. The highest BCUT2D eigenvalue weighted by atomic mass is 32.1. The summed E-state index contributed by atoms with van der Waals surface area (Å²) in [6.45, 7) is 4.58. The second kappa shape index (κ2) is 21.2. The molecule has 9 heteroatoms. The van der Waals surface area contributed by atoms with E-state index in [1.54, 1.807) is 0 Å². The van der Waals surface area contributed by atoms with Crippen molar-refractivity contribution in [1.82, 2.24) is 10.2 Å². The monoisotopic (exact) mass is 842 g/mol. The van der Waals surface area contributed by atoms with Crippen LogP contribution in [0.3, 0.4) is 0 Å². The third-order valence-electron chi connectivity index (χ3n) is 10.3. The average molecular weight is 843 g/mol. The largest absolute Gasteiger partial charge is 0.414 e. The molecule has 7 heterocycles. The fourth-order valence-corrected chi connectivity index (χ4v) is 13.4. The number of aryl methyl sites for hydroxylation is 2. The summed E-state index contributed by atoms with van der Waals surface area (Å²) in [5.41, 5.74) is 2.83. The molecule has 290 valence electrons. The summed E-state index contributed by atoms with van der Waals surface area (Å²) in [5, 5.41) is 13.7. The van der Waals surface area contributed by atoms with Gasteiger partial charge in [-0.1, -0.05) is 116 Å². The molecule has 0 fully saturated rings. The van der Waals surface area contributed by atoms with Crippen molar-refractivity contribution in [3.63, 3.8) is 0 Å². The number of rotatable bonds is 24. The van der Waals surface area contributed by atoms with E-state index in [1.165, 1.54) is 153 Å². The van der Waals surface area contributed by atoms with Gasteiger partial charge in [-0.25, -0.2) is 0 Å². The Labute approximate surface area is 352 Å². The summed E-state index contributed by atoms with van der Waals surface area (Å²) in [7, 11) is 0. The van der Waals surface area contributed by atoms with Crippen LogP contribution >= 0.6 is 68.0 Å². The first-order chi connectivity index (χ1) is 27.2. The van der Waals surface area contributed by atoms with Crippen LogP contribution < -0.4 is 0 Å². The van der Waals surface area contributed by atoms with Crippen molar-refractivity contribution in [2.24, 2.45) is 0 Å². The molecule has 0 aliphatic rings. The molecule has 0 saturated carbocycles. The third-order valence-corrected chi connectivity index (χ3v) is 17.2. The van der Waals surface area contributed by atoms with Crippen molar-refractivity contribution >= 4 is 68.0 Å². The van der Waals surface area contributed by atoms with Crippen molar-refractivity contribution in [3.05, 3.63) is 82.6 Å². The maximum Gasteiger partial charge on any atom is 0.258 e. The summed E-state index contributed by atoms with van der Waals surface area (Å²) >= 11 is 11.0. The Bertz CT molecular complexity index is 1970. The van der Waals surface area contributed by atoms with Crippen molar-refractivity contribution in [1.29, 1.82) is 0 Å². The fourth-order valence-electron chi connectivity index (χ4n) is 7.20. The minimum Gasteiger partial charge on any atom is -0.414 e. The molecule has 3 nitrogen and oxygen atoms in total. The maximum atomic E-state index is 6.58. The van der Waals surface area contributed by atoms with Crippen molar-refractivity contribution in [3.8, 4) is 60.6 Å². The highest BCUT2D eigenvalue weighted by molar-refractivity contribution is 7.28. The van der Waals surface area contributed by atoms with Gasteiger partial charge in [0.2, 0.25) is 0 Å². The van der Waals surface area contributed by atoms with E-state index in [4.69, 9.17) is 4.42 Å². The summed E-state index contributed by atoms with van der Waals surface area (Å²) in [4.78, 5) is 12.9. The Balaban J connectivity index is 1.10. The molecule has 0 aliphatic carbocycles. The lowest BCUT2D eigenvalue weighted by molar-refractivity contribution is 0.575. The minimum absolute atomic E-state index is 0.633. The van der Waals surface area contributed by atoms with Crippen molar-refractivity contribution < 1.29 is 4.42 Å². The van der Waals surface area contributed by atoms with Crippen LogP contribution in [0.5, 0.6) is 0 Å². The van der Waals surface area contributed by atoms with E-state index in [0.717, 1.165) is 22.6 Å². The molecule has 0 N–H and O–H groups in total. The molecule has 0 radical (unpaired) electrons. The second-order valence-electron chi connectivity index (χ2n) is 14.6. The normalized spacial score (nSPS) is 11.7. The first-order valence-corrected chi connectivity index (χ1v) is 25.6. The van der Waals surface area contributed by atoms with Gasteiger partial charge in [0.15, 0.2) is 0 Å². The molecular weight excluding hydrogens is 789 g/mol. The van der Waals surface area contributed by atoms with Crippen LogP contribution in [-0.2, 0) is 12.8 Å². The van der Waals surface area contributed by atoms with Crippen LogP contribution in [0, 0.1) is 0 Å². The summed E-state index contributed by atoms with van der Waals surface area (Å²) < 4.78 is 6.58. The first kappa shape index (κ1) is 40.5. The van der Waals surface area contributed by atoms with Crippen LogP contribution in [0.15, 0.2) is 75.8 Å². The number of hydrogen-bond donors (Lipinski definition) is 0. The smallest absolute Gasteiger partial charge is 0.258 e. The van der Waals surface area contributed by atoms with E-state index < -0.39 is 0 Å². The van der Waals surface area contributed by atoms with Crippen LogP contribution in [-0.4, -0.2) is 10.2 Å². The molecule has 7 aromatic heterocycles. The van der Waals surface area contributed by atoms with Gasteiger partial charge in [0.25, 0.3) is 11.8 Å². The predicted octanol–water partition coefficient (Wildman–Crippen LogP) is 17.8. The molecule has 0 unspecified atom stereocenters. The van der Waals surface area contributed by atoms with E-state index in [1.807, 2.05) is 68.0 Å². The highest BCUT2D eigenvalue weighted by Gasteiger charge is 2.22. The van der Waals surface area contributed by atoms with E-state index in [9.17, 15) is 0 Å². The van der Waals surface area contributed by atoms with Gasteiger partial charge < -0.3 is 4.42 Å². The van der Waals surface area contributed by atoms with Gasteiger partial charge in [-0.15, -0.1) is 78.2 Å². The molecule has 7 rings (SSSR count). The number of aromatic nitrogens is 2. The topological polar surface area (TPSA) is 38.9 Å². The molecule has 0 bridgehead atoms. The standard InChI is InChI=1S/C46H54N2OS6/c1-3-5-7-9-11-13-15-17-21-33-31-41(54-43(33)39-27-25-37(52-39)35-23-19-29-50-35)45-47-48-46(49-45)42-32-34(22-18-16-14-12-10-8-6-4-2)44(55-42)40-28-26-38(53-40)36-24-20-30-51-36/h19-20,23-32H,3-18,21-22H2,1-2H3. The van der Waals surface area contributed by atoms with E-state index in [-0.39, 0.29) is 0 Å². The highest BCUT2D eigenvalue weighted by Crippen LogP contribution is 2.47. The van der Waals surface area contributed by atoms with Crippen LogP contribution in [0.1, 0.15) is 128 Å². The molecule has 0 saturated heterocycles. The Morgan fingerprint density at radius 2 is 0.818 bits per heavy atom. The number of nitrogens with zero attached hydrogens (tertiary/aromatic N) is 2. The SMILES string of the molecule is CCCCCCCCCCc1cc(-c2nnc(-c3cc(CCCCCCCCCC)c(-c4ccc(-c5cccs5)s4)s3)o2)sc1-c1ccc(-c2cccs2)s1. The Hall–Kier alpha value is -2.66. The molecule has 0 spiro atoms. The van der Waals surface area contributed by atoms with Gasteiger partial charge >= 0.3 is 0 Å². The predicted molar refractivity (Wildman–Crippen MR) is 247 cm³/mol. The molecule has 55 heavy (non-hydrogen) atoms. The number of hydrogen-bond acceptors (Lipinski definition) is 9. The summed E-state index contributed by atoms with van der Waals surface area (Å²) in [6, 6.07) is 22.6. The fraction of sp³-hybridized carbons (Fsp3) is 0.435. The second-order valence-corrected chi connectivity index (χ2v) is 20.7. The van der Waals surface area contributed by atoms with Gasteiger partial charge in [-0.3, -0.25) is 0 Å². The quantitative estimate of drug-likeness (QED) is 0.0569. The zero-order valence-corrected chi connectivity index (χ0v) is 37.3. The molecular formula is C46H54N2OS6. The molecule has 0 atom stereocenters. The zero-order valence-electron chi connectivity index (χ0n) is 32.4. The average Bonchev–Trinajstić information content (AvgIpc) is 4.05. The molecule has 0 aliphatic heterocycles. The lowest BCUT2D eigenvalue weighted by Crippen LogP contribution is -1.86. The summed E-state index contributed by atoms with van der Waals surface area (Å²) in [5.74, 6) is 1.27. The van der Waals surface area contributed by atoms with Crippen LogP contribution in [0.4, 0.5) is 0 Å². The van der Waals surface area contributed by atoms with Gasteiger partial charge in [0, 0.05) is 39.0 Å². The number of thiophene rings is 6. The summed E-state index contributed by atoms with van der Waals surface area (Å²) in [6.07, 6.45) is 23.4. The van der Waals surface area contributed by atoms with Crippen LogP contribution in [0.2, 0.25) is 0 Å². The van der Waals surface area contributed by atoms with Gasteiger partial charge in [0.05, 0.1) is 9.75 Å². The van der Waals surface area contributed by atoms with E-state index in [0.29, 0.717) is 11.8 Å².